The van der Waals surface area contributed by atoms with Crippen LogP contribution in [0.25, 0.3) is 0 Å². The van der Waals surface area contributed by atoms with Crippen molar-refractivity contribution in [3.63, 3.8) is 0 Å². The van der Waals surface area contributed by atoms with Crippen molar-refractivity contribution in [1.29, 1.82) is 0 Å². The molecule has 0 aromatic rings. The summed E-state index contributed by atoms with van der Waals surface area (Å²) in [5.74, 6) is 0. The van der Waals surface area contributed by atoms with Gasteiger partial charge in [-0.25, -0.2) is 0 Å². The Bertz CT molecular complexity index is 128. The van der Waals surface area contributed by atoms with Crippen LogP contribution in [0.1, 0.15) is 13.3 Å². The second-order valence-electron chi connectivity index (χ2n) is 1.87. The largest absolute Gasteiger partial charge is 0.384 e. The Morgan fingerprint density at radius 3 is 2.09 bits per heavy atom. The molecule has 0 unspecified atom stereocenters. The van der Waals surface area contributed by atoms with Gasteiger partial charge in [0.15, 0.2) is 0 Å². The Morgan fingerprint density at radius 1 is 1.55 bits per heavy atom. The van der Waals surface area contributed by atoms with E-state index >= 15 is 0 Å². The first kappa shape index (κ1) is 11.2. The van der Waals surface area contributed by atoms with Gasteiger partial charge in [0.25, 0.3) is 0 Å². The number of nitrogens with two attached hydrogens (primary N) is 1. The van der Waals surface area contributed by atoms with Gasteiger partial charge in [-0.1, -0.05) is 19.1 Å². The summed E-state index contributed by atoms with van der Waals surface area (Å²) in [6.07, 6.45) is 0.696. The van der Waals surface area contributed by atoms with E-state index in [-0.39, 0.29) is 0 Å². The van der Waals surface area contributed by atoms with Crippen LogP contribution in [0.3, 0.4) is 0 Å². The quantitative estimate of drug-likeness (QED) is 0.541. The van der Waals surface area contributed by atoms with E-state index in [1.807, 2.05) is 6.92 Å². The third kappa shape index (κ3) is 3.37. The minimum absolute atomic E-state index is 0.329. The van der Waals surface area contributed by atoms with Crippen molar-refractivity contribution in [2.24, 2.45) is 5.73 Å². The predicted octanol–water partition coefficient (Wildman–Crippen LogP) is 1.32. The average Bonchev–Trinajstić information content (AvgIpc) is 2.00. The molecular weight excluding hydrogens is 182 g/mol. The second-order valence-corrected chi connectivity index (χ2v) is 3.83. The molecule has 0 amide bonds. The fourth-order valence-electron chi connectivity index (χ4n) is 0.681. The third-order valence-electron chi connectivity index (χ3n) is 1.31. The zero-order valence-corrected chi connectivity index (χ0v) is 8.55. The maximum Gasteiger partial charge on any atom is 0.223 e. The van der Waals surface area contributed by atoms with Crippen LogP contribution in [0.2, 0.25) is 0 Å². The van der Waals surface area contributed by atoms with E-state index in [0.29, 0.717) is 10.7 Å². The minimum Gasteiger partial charge on any atom is -0.384 e. The predicted molar refractivity (Wildman–Crippen MR) is 51.4 cm³/mol. The number of ether oxygens (including phenoxy) is 2. The van der Waals surface area contributed by atoms with Crippen LogP contribution >= 0.6 is 24.0 Å². The summed E-state index contributed by atoms with van der Waals surface area (Å²) in [5.41, 5.74) is 5.34. The van der Waals surface area contributed by atoms with Gasteiger partial charge in [0.1, 0.15) is 4.32 Å². The molecule has 3 nitrogen and oxygen atoms in total. The molecule has 5 heteroatoms. The number of hydrogen-bond acceptors (Lipinski definition) is 4. The number of rotatable bonds is 4. The highest BCUT2D eigenvalue weighted by Gasteiger charge is 2.29. The van der Waals surface area contributed by atoms with Crippen LogP contribution in [0.5, 0.6) is 0 Å². The highest BCUT2D eigenvalue weighted by molar-refractivity contribution is 8.23. The summed E-state index contributed by atoms with van der Waals surface area (Å²) in [6.45, 7) is 1.94. The smallest absolute Gasteiger partial charge is 0.223 e. The first-order valence-corrected chi connectivity index (χ1v) is 4.41. The van der Waals surface area contributed by atoms with Crippen molar-refractivity contribution >= 4 is 28.3 Å². The van der Waals surface area contributed by atoms with Crippen LogP contribution < -0.4 is 5.73 Å². The lowest BCUT2D eigenvalue weighted by molar-refractivity contribution is -0.134. The van der Waals surface area contributed by atoms with Gasteiger partial charge in [-0.15, -0.1) is 0 Å². The molecule has 11 heavy (non-hydrogen) atoms. The Balaban J connectivity index is 4.16. The van der Waals surface area contributed by atoms with Gasteiger partial charge < -0.3 is 15.2 Å². The molecule has 0 aromatic heterocycles. The molecule has 0 saturated heterocycles. The molecule has 0 aliphatic carbocycles. The molecule has 2 N–H and O–H groups in total. The highest BCUT2D eigenvalue weighted by atomic mass is 32.2. The van der Waals surface area contributed by atoms with Gasteiger partial charge in [0.2, 0.25) is 5.12 Å². The number of thiocarbonyl (C=S) groups is 1. The Hall–Kier alpha value is 0.160. The van der Waals surface area contributed by atoms with Gasteiger partial charge >= 0.3 is 0 Å². The summed E-state index contributed by atoms with van der Waals surface area (Å²) >= 11 is 5.94. The molecule has 0 saturated carbocycles. The molecule has 0 radical (unpaired) electrons. The lowest BCUT2D eigenvalue weighted by atomic mass is 10.5. The number of methoxy groups -OCH3 is 2. The molecular formula is C6H13NO2S2. The first-order valence-electron chi connectivity index (χ1n) is 3.19. The molecule has 0 aliphatic heterocycles. The van der Waals surface area contributed by atoms with Crippen LogP contribution in [0.4, 0.5) is 0 Å². The fraction of sp³-hybridized carbons (Fsp3) is 0.833. The van der Waals surface area contributed by atoms with E-state index in [2.05, 4.69) is 0 Å². The molecule has 0 bridgehead atoms. The standard InChI is InChI=1S/C6H13NO2S2/c1-4-6(8-2,9-3)11-5(7)10/h4H2,1-3H3,(H2,7,10). The molecule has 0 heterocycles. The zero-order valence-electron chi connectivity index (χ0n) is 6.92. The van der Waals surface area contributed by atoms with E-state index in [9.17, 15) is 0 Å². The molecule has 0 rings (SSSR count). The molecule has 0 aromatic carbocycles. The Kier molecular flexibility index (Phi) is 4.99. The maximum atomic E-state index is 5.34. The van der Waals surface area contributed by atoms with Gasteiger partial charge in [-0.2, -0.15) is 0 Å². The topological polar surface area (TPSA) is 44.5 Å². The van der Waals surface area contributed by atoms with E-state index in [1.54, 1.807) is 14.2 Å². The Morgan fingerprint density at radius 2 is 2.00 bits per heavy atom. The van der Waals surface area contributed by atoms with Gasteiger partial charge in [0, 0.05) is 20.6 Å². The second kappa shape index (κ2) is 4.92. The lowest BCUT2D eigenvalue weighted by Crippen LogP contribution is -2.31. The summed E-state index contributed by atoms with van der Waals surface area (Å²) < 4.78 is 10.6. The summed E-state index contributed by atoms with van der Waals surface area (Å²) in [5, 5.41) is -0.703. The monoisotopic (exact) mass is 195 g/mol. The van der Waals surface area contributed by atoms with Crippen molar-refractivity contribution in [3.8, 4) is 0 Å². The van der Waals surface area contributed by atoms with Crippen molar-refractivity contribution in [3.05, 3.63) is 0 Å². The lowest BCUT2D eigenvalue weighted by Gasteiger charge is -2.27. The minimum atomic E-state index is -0.703. The summed E-state index contributed by atoms with van der Waals surface area (Å²) in [6, 6.07) is 0. The van der Waals surface area contributed by atoms with Crippen LogP contribution in [0.15, 0.2) is 0 Å². The Labute approximate surface area is 76.6 Å². The summed E-state index contributed by atoms with van der Waals surface area (Å²) in [7, 11) is 3.14. The third-order valence-corrected chi connectivity index (χ3v) is 2.70. The van der Waals surface area contributed by atoms with E-state index in [0.717, 1.165) is 0 Å². The van der Waals surface area contributed by atoms with Crippen molar-refractivity contribution in [2.45, 2.75) is 18.5 Å². The summed E-state index contributed by atoms with van der Waals surface area (Å²) in [4.78, 5) is 0. The van der Waals surface area contributed by atoms with Crippen LogP contribution in [-0.2, 0) is 9.47 Å². The van der Waals surface area contributed by atoms with Crippen LogP contribution in [-0.4, -0.2) is 23.7 Å². The maximum absolute atomic E-state index is 5.34. The average molecular weight is 195 g/mol. The molecule has 0 fully saturated rings. The highest BCUT2D eigenvalue weighted by Crippen LogP contribution is 2.30. The van der Waals surface area contributed by atoms with Gasteiger partial charge in [-0.05, 0) is 11.8 Å². The number of hydrogen-bond donors (Lipinski definition) is 1. The van der Waals surface area contributed by atoms with Gasteiger partial charge in [0.05, 0.1) is 0 Å². The van der Waals surface area contributed by atoms with Crippen molar-refractivity contribution in [1.82, 2.24) is 0 Å². The fourth-order valence-corrected chi connectivity index (χ4v) is 1.68. The SMILES string of the molecule is CCC(OC)(OC)SC(N)=S. The van der Waals surface area contributed by atoms with Gasteiger partial charge in [-0.3, -0.25) is 0 Å². The van der Waals surface area contributed by atoms with Crippen molar-refractivity contribution in [2.75, 3.05) is 14.2 Å². The molecule has 66 valence electrons. The number of thioether (sulfide) groups is 1. The van der Waals surface area contributed by atoms with E-state index in [1.165, 1.54) is 11.8 Å². The van der Waals surface area contributed by atoms with Crippen LogP contribution in [0, 0.1) is 0 Å². The first-order chi connectivity index (χ1) is 5.10. The molecule has 0 spiro atoms. The van der Waals surface area contributed by atoms with E-state index in [4.69, 9.17) is 27.4 Å². The molecule has 0 atom stereocenters. The van der Waals surface area contributed by atoms with E-state index < -0.39 is 5.12 Å². The zero-order chi connectivity index (χ0) is 8.91. The normalized spacial score (nSPS) is 11.5. The van der Waals surface area contributed by atoms with Crippen molar-refractivity contribution < 1.29 is 9.47 Å². The molecule has 0 aliphatic rings.